The van der Waals surface area contributed by atoms with Gasteiger partial charge in [0.1, 0.15) is 0 Å². The average molecular weight is 565 g/mol. The van der Waals surface area contributed by atoms with Crippen molar-refractivity contribution < 1.29 is 0 Å². The molecule has 0 N–H and O–H groups in total. The second-order valence-corrected chi connectivity index (χ2v) is 15.2. The lowest BCUT2D eigenvalue weighted by Crippen LogP contribution is -2.06. The van der Waals surface area contributed by atoms with Crippen molar-refractivity contribution in [3.05, 3.63) is 0 Å². The molecule has 0 aromatic rings. The van der Waals surface area contributed by atoms with Gasteiger partial charge in [0.25, 0.3) is 0 Å². The largest absolute Gasteiger partial charge is 0.0654 e. The Labute approximate surface area is 258 Å². The highest BCUT2D eigenvalue weighted by molar-refractivity contribution is 4.64. The molecule has 0 saturated carbocycles. The minimum Gasteiger partial charge on any atom is -0.0654 e. The van der Waals surface area contributed by atoms with Crippen LogP contribution in [0.5, 0.6) is 0 Å². The van der Waals surface area contributed by atoms with E-state index in [1.165, 1.54) is 154 Å². The Kier molecular flexibility index (Phi) is 33.6. The quantitative estimate of drug-likeness (QED) is 0.0829. The first-order chi connectivity index (χ1) is 19.2. The predicted molar refractivity (Wildman–Crippen MR) is 188 cm³/mol. The Morgan fingerprint density at radius 1 is 0.325 bits per heavy atom. The van der Waals surface area contributed by atoms with Crippen LogP contribution in [0.4, 0.5) is 0 Å². The normalized spacial score (nSPS) is 14.7. The van der Waals surface area contributed by atoms with Gasteiger partial charge in [-0.25, -0.2) is 0 Å². The number of rotatable bonds is 28. The molecule has 0 radical (unpaired) electrons. The second kappa shape index (κ2) is 31.9. The molecule has 0 rings (SSSR count). The fourth-order valence-corrected chi connectivity index (χ4v) is 6.27. The summed E-state index contributed by atoms with van der Waals surface area (Å²) in [5.41, 5.74) is 0. The van der Waals surface area contributed by atoms with Crippen molar-refractivity contribution >= 4 is 0 Å². The van der Waals surface area contributed by atoms with Crippen LogP contribution in [0.15, 0.2) is 0 Å². The maximum absolute atomic E-state index is 2.48. The van der Waals surface area contributed by atoms with Crippen LogP contribution in [-0.4, -0.2) is 0 Å². The van der Waals surface area contributed by atoms with E-state index in [0.717, 1.165) is 35.5 Å². The van der Waals surface area contributed by atoms with Crippen LogP contribution >= 0.6 is 0 Å². The highest BCUT2D eigenvalue weighted by atomic mass is 14.2. The molecule has 0 amide bonds. The molecule has 244 valence electrons. The van der Waals surface area contributed by atoms with E-state index < -0.39 is 0 Å². The van der Waals surface area contributed by atoms with E-state index in [1.807, 2.05) is 0 Å². The van der Waals surface area contributed by atoms with E-state index in [2.05, 4.69) is 69.2 Å². The lowest BCUT2D eigenvalue weighted by molar-refractivity contribution is 0.325. The molecule has 0 saturated heterocycles. The highest BCUT2D eigenvalue weighted by Crippen LogP contribution is 2.26. The summed E-state index contributed by atoms with van der Waals surface area (Å²) in [6.45, 7) is 23.8. The summed E-state index contributed by atoms with van der Waals surface area (Å²) in [7, 11) is 0. The molecule has 0 aliphatic carbocycles. The summed E-state index contributed by atoms with van der Waals surface area (Å²) in [6.07, 6.45) is 34.6. The third kappa shape index (κ3) is 34.2. The maximum atomic E-state index is 2.48. The van der Waals surface area contributed by atoms with Crippen molar-refractivity contribution in [2.24, 2.45) is 35.5 Å². The topological polar surface area (TPSA) is 0 Å². The fourth-order valence-electron chi connectivity index (χ4n) is 6.27. The van der Waals surface area contributed by atoms with Crippen LogP contribution in [0.1, 0.15) is 223 Å². The molecule has 0 heterocycles. The van der Waals surface area contributed by atoms with Gasteiger partial charge in [-0.1, -0.05) is 217 Å². The summed E-state index contributed by atoms with van der Waals surface area (Å²) in [5, 5.41) is 0. The Balaban J connectivity index is 0. The number of hydrogen-bond donors (Lipinski definition) is 0. The maximum Gasteiger partial charge on any atom is -0.0414 e. The molecule has 0 aliphatic heterocycles. The Hall–Kier alpha value is 0. The number of hydrogen-bond acceptors (Lipinski definition) is 0. The van der Waals surface area contributed by atoms with Gasteiger partial charge >= 0.3 is 0 Å². The van der Waals surface area contributed by atoms with Crippen LogP contribution < -0.4 is 0 Å². The molecule has 0 heteroatoms. The molecule has 0 bridgehead atoms. The standard InChI is InChI=1S/2C20H42/c1-6-7-8-9-10-11-14-19(4)16-17-20(5)15-12-13-18(2)3;1-6-8-9-10-11-12-15-19(5)17-20(7-2)16-13-14-18(3)4/h2*18-20H,6-17H2,1-5H3. The molecule has 4 atom stereocenters. The van der Waals surface area contributed by atoms with Gasteiger partial charge in [0.05, 0.1) is 0 Å². The van der Waals surface area contributed by atoms with Gasteiger partial charge in [0, 0.05) is 0 Å². The third-order valence-electron chi connectivity index (χ3n) is 9.44. The van der Waals surface area contributed by atoms with Crippen molar-refractivity contribution in [1.29, 1.82) is 0 Å². The third-order valence-corrected chi connectivity index (χ3v) is 9.44. The van der Waals surface area contributed by atoms with Crippen molar-refractivity contribution in [3.63, 3.8) is 0 Å². The van der Waals surface area contributed by atoms with E-state index in [0.29, 0.717) is 0 Å². The van der Waals surface area contributed by atoms with Crippen LogP contribution in [0.3, 0.4) is 0 Å². The molecular weight excluding hydrogens is 480 g/mol. The zero-order valence-corrected chi connectivity index (χ0v) is 30.4. The van der Waals surface area contributed by atoms with Gasteiger partial charge in [-0.3, -0.25) is 0 Å². The lowest BCUT2D eigenvalue weighted by atomic mass is 9.86. The molecule has 0 nitrogen and oxygen atoms in total. The smallest absolute Gasteiger partial charge is 0.0414 e. The minimum atomic E-state index is 0.882. The molecule has 40 heavy (non-hydrogen) atoms. The van der Waals surface area contributed by atoms with Gasteiger partial charge in [-0.05, 0) is 41.9 Å². The summed E-state index contributed by atoms with van der Waals surface area (Å²) < 4.78 is 0. The van der Waals surface area contributed by atoms with Gasteiger partial charge in [0.2, 0.25) is 0 Å². The van der Waals surface area contributed by atoms with E-state index in [9.17, 15) is 0 Å². The lowest BCUT2D eigenvalue weighted by Gasteiger charge is -2.20. The summed E-state index contributed by atoms with van der Waals surface area (Å²) in [6, 6.07) is 0. The minimum absolute atomic E-state index is 0.882. The highest BCUT2D eigenvalue weighted by Gasteiger charge is 2.12. The van der Waals surface area contributed by atoms with Crippen LogP contribution in [-0.2, 0) is 0 Å². The summed E-state index contributed by atoms with van der Waals surface area (Å²) >= 11 is 0. The van der Waals surface area contributed by atoms with Crippen molar-refractivity contribution in [2.45, 2.75) is 223 Å². The van der Waals surface area contributed by atoms with E-state index >= 15 is 0 Å². The zero-order valence-electron chi connectivity index (χ0n) is 30.4. The van der Waals surface area contributed by atoms with Gasteiger partial charge in [-0.15, -0.1) is 0 Å². The van der Waals surface area contributed by atoms with Gasteiger partial charge < -0.3 is 0 Å². The molecule has 0 aromatic carbocycles. The van der Waals surface area contributed by atoms with E-state index in [-0.39, 0.29) is 0 Å². The first-order valence-electron chi connectivity index (χ1n) is 19.2. The summed E-state index contributed by atoms with van der Waals surface area (Å²) in [5.74, 6) is 5.60. The van der Waals surface area contributed by atoms with Crippen LogP contribution in [0.25, 0.3) is 0 Å². The predicted octanol–water partition coefficient (Wildman–Crippen LogP) is 15.2. The Bertz CT molecular complexity index is 449. The van der Waals surface area contributed by atoms with E-state index in [1.54, 1.807) is 0 Å². The van der Waals surface area contributed by atoms with Crippen molar-refractivity contribution in [2.75, 3.05) is 0 Å². The fraction of sp³-hybridized carbons (Fsp3) is 1.00. The molecule has 0 fully saturated rings. The number of unbranched alkanes of at least 4 members (excludes halogenated alkanes) is 10. The second-order valence-electron chi connectivity index (χ2n) is 15.2. The average Bonchev–Trinajstić information content (AvgIpc) is 2.90. The first-order valence-corrected chi connectivity index (χ1v) is 19.2. The molecule has 0 spiro atoms. The van der Waals surface area contributed by atoms with Crippen molar-refractivity contribution in [1.82, 2.24) is 0 Å². The van der Waals surface area contributed by atoms with Gasteiger partial charge in [0.15, 0.2) is 0 Å². The molecule has 0 aliphatic rings. The Morgan fingerprint density at radius 3 is 1.12 bits per heavy atom. The zero-order chi connectivity index (χ0) is 30.4. The summed E-state index contributed by atoms with van der Waals surface area (Å²) in [4.78, 5) is 0. The van der Waals surface area contributed by atoms with Gasteiger partial charge in [-0.2, -0.15) is 0 Å². The molecule has 0 aromatic heterocycles. The monoisotopic (exact) mass is 565 g/mol. The van der Waals surface area contributed by atoms with Crippen LogP contribution in [0.2, 0.25) is 0 Å². The van der Waals surface area contributed by atoms with Crippen molar-refractivity contribution in [3.8, 4) is 0 Å². The molecular formula is C40H84. The molecule has 4 unspecified atom stereocenters. The first kappa shape index (κ1) is 42.1. The Morgan fingerprint density at radius 2 is 0.700 bits per heavy atom. The van der Waals surface area contributed by atoms with Crippen LogP contribution in [0, 0.1) is 35.5 Å². The van der Waals surface area contributed by atoms with E-state index in [4.69, 9.17) is 0 Å². The SMILES string of the molecule is CCCCCCCCC(C)CC(CC)CCCC(C)C.CCCCCCCCC(C)CCC(C)CCCC(C)C.